The quantitative estimate of drug-likeness (QED) is 0.0225. The molecular weight excluding hydrogens is 1670 g/mol. The summed E-state index contributed by atoms with van der Waals surface area (Å²) in [6.07, 6.45) is 16.8. The van der Waals surface area contributed by atoms with E-state index in [1.165, 1.54) is 93.8 Å². The van der Waals surface area contributed by atoms with Crippen molar-refractivity contribution < 1.29 is 92.7 Å². The molecule has 42 heteroatoms. The number of aliphatic hydroxyl groups excluding tert-OH is 2. The fraction of sp³-hybridized carbons (Fsp3) is 0.741. The first-order valence-electron chi connectivity index (χ1n) is 45.0. The Labute approximate surface area is 752 Å². The summed E-state index contributed by atoms with van der Waals surface area (Å²) in [6.45, 7) is 9.88. The second-order valence-electron chi connectivity index (χ2n) is 33.2. The number of hydrogen-bond acceptors (Lipinski definition) is 24. The van der Waals surface area contributed by atoms with E-state index in [1.807, 2.05) is 0 Å². The standard InChI is InChI=1S/C85H154N22O19S/c1-8-9-10-11-12-13-14-15-16-17-18-19-20-21-30-57(89)71(113)96-58(31-22-25-41-86)72(114)97-59(32-23-26-42-87)73(115)102-64(47-52(2)3)78(120)99-62(35-29-45-95-85(92)93)76(118)106-68(51-108)81(123)101-63(40-46-127-7)77(119)107-70(54(6)109)82(124)104-66(50-69(111)112)80(122)98-60(33-24-27-43-88)74(116)103-65(49-55-36-38-56(110)39-37-55)79(121)100-61(34-28-44-94-84(90)91)75(117)105-67(83(125)126)48-53(4)5/h36-39,52-54,57-68,70,108-110H,8-35,40-51,86-89H2,1-7H3,(H,96,113)(H,97,114)(H,98,122)(H,99,120)(H,100,121)(H,101,123)(H,102,115)(H,103,116)(H,104,124)(H,105,117)(H,106,118)(H,107,119)(H,111,112)(H,125,126)(H4,90,91,94)(H4,92,93,95)/t54-,57?,58+,59+,60+,61+,62+,63+,64+,65+,66+,67+,68+,70+/m1/s1. The predicted molar refractivity (Wildman–Crippen MR) is 485 cm³/mol. The van der Waals surface area contributed by atoms with Crippen LogP contribution < -0.4 is 109 Å². The van der Waals surface area contributed by atoms with Crippen LogP contribution in [0.1, 0.15) is 253 Å². The van der Waals surface area contributed by atoms with Crippen LogP contribution in [-0.4, -0.2) is 256 Å². The summed E-state index contributed by atoms with van der Waals surface area (Å²) >= 11 is 1.21. The van der Waals surface area contributed by atoms with E-state index in [4.69, 9.17) is 45.2 Å². The van der Waals surface area contributed by atoms with Crippen LogP contribution in [-0.2, 0) is 73.5 Å². The van der Waals surface area contributed by atoms with Crippen LogP contribution in [0.5, 0.6) is 5.75 Å². The lowest BCUT2D eigenvalue weighted by Gasteiger charge is -2.29. The maximum absolute atomic E-state index is 14.6. The molecule has 33 N–H and O–H groups in total. The van der Waals surface area contributed by atoms with Gasteiger partial charge in [0.25, 0.3) is 0 Å². The van der Waals surface area contributed by atoms with Gasteiger partial charge in [0.1, 0.15) is 78.3 Å². The van der Waals surface area contributed by atoms with Gasteiger partial charge in [-0.15, -0.1) is 0 Å². The number of aliphatic hydroxyl groups is 2. The van der Waals surface area contributed by atoms with Gasteiger partial charge in [0.15, 0.2) is 11.9 Å². The van der Waals surface area contributed by atoms with Crippen molar-refractivity contribution in [2.45, 2.75) is 338 Å². The molecule has 724 valence electrons. The zero-order valence-electron chi connectivity index (χ0n) is 75.7. The number of rotatable bonds is 73. The van der Waals surface area contributed by atoms with E-state index in [9.17, 15) is 92.7 Å². The minimum Gasteiger partial charge on any atom is -0.508 e. The SMILES string of the molecule is CCCCCCCCCCCCCCCCC(N)C(=O)N[C@@H](CCCCN)C(=O)N[C@@H](CCCCN)C(=O)N[C@@H](CC(C)C)C(=O)N[C@@H](CCCNC(=N)N)C(=O)N[C@@H](CO)C(=O)N[C@@H](CCSC)C(=O)N[C@H](C(=O)N[C@@H](CC(=O)O)C(=O)N[C@@H](CCCCN)C(=O)N[C@@H](Cc1ccc(O)cc1)C(=O)N[C@@H](CCCNC(=N)N)C(=O)N[C@@H](CC(C)C)C(=O)O)[C@@H](C)O. The first-order valence-corrected chi connectivity index (χ1v) is 46.4. The summed E-state index contributed by atoms with van der Waals surface area (Å²) in [5.74, 6) is -16.2. The summed E-state index contributed by atoms with van der Waals surface area (Å²) in [5.41, 5.74) is 35.2. The average Bonchev–Trinajstić information content (AvgIpc) is 0.850. The Morgan fingerprint density at radius 3 is 1.08 bits per heavy atom. The smallest absolute Gasteiger partial charge is 0.326 e. The summed E-state index contributed by atoms with van der Waals surface area (Å²) in [4.78, 5) is 197. The third-order valence-corrected chi connectivity index (χ3v) is 21.6. The van der Waals surface area contributed by atoms with Crippen molar-refractivity contribution in [2.24, 2.45) is 46.2 Å². The number of nitrogens with two attached hydrogens (primary N) is 6. The molecular formula is C85H154N22O19S. The first-order chi connectivity index (χ1) is 60.4. The number of unbranched alkanes of at least 4 members (excludes halogenated alkanes) is 16. The maximum Gasteiger partial charge on any atom is 0.326 e. The van der Waals surface area contributed by atoms with Crippen LogP contribution in [0.15, 0.2) is 24.3 Å². The van der Waals surface area contributed by atoms with Gasteiger partial charge in [-0.05, 0) is 177 Å². The molecule has 1 rings (SSSR count). The Morgan fingerprint density at radius 1 is 0.386 bits per heavy atom. The van der Waals surface area contributed by atoms with Crippen LogP contribution >= 0.6 is 11.8 Å². The Balaban J connectivity index is 3.62. The monoisotopic (exact) mass is 1820 g/mol. The number of phenols is 1. The van der Waals surface area contributed by atoms with E-state index < -0.39 is 192 Å². The number of aromatic hydroxyl groups is 1. The number of carboxylic acids is 2. The van der Waals surface area contributed by atoms with Gasteiger partial charge in [0, 0.05) is 19.5 Å². The summed E-state index contributed by atoms with van der Waals surface area (Å²) in [7, 11) is 0. The van der Waals surface area contributed by atoms with Gasteiger partial charge in [-0.2, -0.15) is 11.8 Å². The topological polar surface area (TPSA) is 712 Å². The summed E-state index contributed by atoms with van der Waals surface area (Å²) in [6, 6.07) is -14.4. The number of benzene rings is 1. The minimum atomic E-state index is -2.08. The second-order valence-corrected chi connectivity index (χ2v) is 34.2. The van der Waals surface area contributed by atoms with Crippen LogP contribution in [0.4, 0.5) is 0 Å². The number of hydrogen-bond donors (Lipinski definition) is 27. The van der Waals surface area contributed by atoms with Crippen molar-refractivity contribution >= 4 is 107 Å². The van der Waals surface area contributed by atoms with Crippen molar-refractivity contribution in [1.29, 1.82) is 10.8 Å². The van der Waals surface area contributed by atoms with Crippen LogP contribution in [0.25, 0.3) is 0 Å². The number of nitrogens with one attached hydrogen (secondary N) is 16. The number of guanidine groups is 2. The largest absolute Gasteiger partial charge is 0.508 e. The lowest BCUT2D eigenvalue weighted by Crippen LogP contribution is -2.62. The first kappa shape index (κ1) is 115. The van der Waals surface area contributed by atoms with E-state index in [0.717, 1.165) is 32.6 Å². The molecule has 127 heavy (non-hydrogen) atoms. The van der Waals surface area contributed by atoms with Gasteiger partial charge in [0.05, 0.1) is 25.2 Å². The summed E-state index contributed by atoms with van der Waals surface area (Å²) in [5, 5.41) is 103. The molecule has 0 saturated heterocycles. The highest BCUT2D eigenvalue weighted by Gasteiger charge is 2.39. The van der Waals surface area contributed by atoms with Crippen LogP contribution in [0, 0.1) is 22.7 Å². The highest BCUT2D eigenvalue weighted by atomic mass is 32.2. The molecule has 0 aliphatic rings. The third kappa shape index (κ3) is 51.7. The molecule has 0 spiro atoms. The molecule has 14 atom stereocenters. The number of carbonyl (C=O) groups excluding carboxylic acids is 12. The van der Waals surface area contributed by atoms with Crippen LogP contribution in [0.3, 0.4) is 0 Å². The number of aliphatic carboxylic acids is 2. The lowest BCUT2D eigenvalue weighted by atomic mass is 10.0. The zero-order chi connectivity index (χ0) is 95.3. The van der Waals surface area contributed by atoms with Gasteiger partial charge in [-0.25, -0.2) is 4.79 Å². The van der Waals surface area contributed by atoms with Gasteiger partial charge in [-0.3, -0.25) is 73.1 Å². The minimum absolute atomic E-state index is 0.000823. The number of phenolic OH excluding ortho intramolecular Hbond substituents is 1. The molecule has 0 aromatic heterocycles. The van der Waals surface area contributed by atoms with Crippen LogP contribution in [0.2, 0.25) is 0 Å². The Hall–Kier alpha value is -9.75. The second kappa shape index (κ2) is 67.5. The van der Waals surface area contributed by atoms with Crippen molar-refractivity contribution in [3.8, 4) is 5.75 Å². The number of amides is 12. The Bertz CT molecular complexity index is 3500. The van der Waals surface area contributed by atoms with E-state index in [1.54, 1.807) is 34.0 Å². The van der Waals surface area contributed by atoms with Crippen molar-refractivity contribution in [3.05, 3.63) is 29.8 Å². The molecule has 1 aromatic rings. The molecule has 1 unspecified atom stereocenters. The van der Waals surface area contributed by atoms with Crippen molar-refractivity contribution in [1.82, 2.24) is 74.4 Å². The zero-order valence-corrected chi connectivity index (χ0v) is 76.5. The average molecular weight is 1820 g/mol. The normalized spacial score (nSPS) is 14.6. The van der Waals surface area contributed by atoms with Crippen molar-refractivity contribution in [3.63, 3.8) is 0 Å². The molecule has 0 saturated carbocycles. The number of carbonyl (C=O) groups is 14. The van der Waals surface area contributed by atoms with Gasteiger partial charge in [0.2, 0.25) is 70.9 Å². The van der Waals surface area contributed by atoms with Gasteiger partial charge in [-0.1, -0.05) is 137 Å². The molecule has 0 fully saturated rings. The molecule has 41 nitrogen and oxygen atoms in total. The summed E-state index contributed by atoms with van der Waals surface area (Å²) < 4.78 is 0. The fourth-order valence-electron chi connectivity index (χ4n) is 13.8. The molecule has 0 heterocycles. The highest BCUT2D eigenvalue weighted by Crippen LogP contribution is 2.19. The van der Waals surface area contributed by atoms with Gasteiger partial charge >= 0.3 is 11.9 Å². The van der Waals surface area contributed by atoms with E-state index >= 15 is 0 Å². The fourth-order valence-corrected chi connectivity index (χ4v) is 14.2. The number of thioether (sulfide) groups is 1. The lowest BCUT2D eigenvalue weighted by molar-refractivity contribution is -0.143. The number of carboxylic acid groups (broad SMARTS) is 2. The third-order valence-electron chi connectivity index (χ3n) is 21.0. The predicted octanol–water partition coefficient (Wildman–Crippen LogP) is -0.358. The maximum atomic E-state index is 14.6. The molecule has 12 amide bonds. The Morgan fingerprint density at radius 2 is 0.701 bits per heavy atom. The molecule has 1 aromatic carbocycles. The van der Waals surface area contributed by atoms with Gasteiger partial charge < -0.3 is 134 Å². The van der Waals surface area contributed by atoms with E-state index in [-0.39, 0.29) is 133 Å². The highest BCUT2D eigenvalue weighted by molar-refractivity contribution is 7.98. The Kier molecular flexibility index (Phi) is 61.3. The molecule has 0 bridgehead atoms. The van der Waals surface area contributed by atoms with Crippen molar-refractivity contribution in [2.75, 3.05) is 51.3 Å². The molecule has 0 aliphatic heterocycles. The molecule has 0 radical (unpaired) electrons. The molecule has 0 aliphatic carbocycles. The van der Waals surface area contributed by atoms with E-state index in [0.29, 0.717) is 50.6 Å². The van der Waals surface area contributed by atoms with E-state index in [2.05, 4.69) is 81.4 Å².